The molecule has 3 aromatic carbocycles. The monoisotopic (exact) mass is 588 g/mol. The summed E-state index contributed by atoms with van der Waals surface area (Å²) in [6.07, 6.45) is -0.418. The number of nitrogens with one attached hydrogen (secondary N) is 1. The van der Waals surface area contributed by atoms with Gasteiger partial charge in [-0.15, -0.1) is 0 Å². The number of hydrogen-bond donors (Lipinski definition) is 2. The number of ether oxygens (including phenoxy) is 3. The number of amides is 2. The van der Waals surface area contributed by atoms with Crippen LogP contribution < -0.4 is 20.0 Å². The fourth-order valence-corrected chi connectivity index (χ4v) is 11.0. The molecule has 1 spiro atoms. The molecule has 2 aliphatic rings. The first-order valence-corrected chi connectivity index (χ1v) is 17.5. The van der Waals surface area contributed by atoms with E-state index in [9.17, 15) is 14.7 Å². The molecular formula is C33H40N2O6Si. The van der Waals surface area contributed by atoms with Gasteiger partial charge in [0.2, 0.25) is 5.91 Å². The van der Waals surface area contributed by atoms with Crippen LogP contribution in [0.4, 0.5) is 5.69 Å². The zero-order chi connectivity index (χ0) is 30.1. The zero-order valence-electron chi connectivity index (χ0n) is 24.9. The van der Waals surface area contributed by atoms with Crippen LogP contribution in [-0.4, -0.2) is 63.4 Å². The molecule has 9 heteroatoms. The van der Waals surface area contributed by atoms with Crippen LogP contribution in [0, 0.1) is 5.92 Å². The van der Waals surface area contributed by atoms with Gasteiger partial charge in [-0.05, 0) is 41.4 Å². The second-order valence-electron chi connectivity index (χ2n) is 11.8. The first-order valence-electron chi connectivity index (χ1n) is 14.4. The lowest BCUT2D eigenvalue weighted by Crippen LogP contribution is -2.52. The highest BCUT2D eigenvalue weighted by Gasteiger charge is 2.65. The summed E-state index contributed by atoms with van der Waals surface area (Å²) in [6, 6.07) is 23.4. The summed E-state index contributed by atoms with van der Waals surface area (Å²) in [6.45, 7) is 7.10. The molecule has 2 amide bonds. The van der Waals surface area contributed by atoms with E-state index in [4.69, 9.17) is 14.2 Å². The molecule has 222 valence electrons. The molecule has 42 heavy (non-hydrogen) atoms. The molecule has 1 saturated heterocycles. The average molecular weight is 589 g/mol. The van der Waals surface area contributed by atoms with Gasteiger partial charge in [-0.1, -0.05) is 67.7 Å². The van der Waals surface area contributed by atoms with E-state index in [0.717, 1.165) is 16.9 Å². The minimum atomic E-state index is -2.38. The van der Waals surface area contributed by atoms with Crippen LogP contribution in [0.25, 0.3) is 0 Å². The Bertz CT molecular complexity index is 1430. The van der Waals surface area contributed by atoms with E-state index in [1.807, 2.05) is 60.7 Å². The third-order valence-corrected chi connectivity index (χ3v) is 13.5. The van der Waals surface area contributed by atoms with Crippen molar-refractivity contribution in [2.75, 3.05) is 32.7 Å². The van der Waals surface area contributed by atoms with Gasteiger partial charge in [0, 0.05) is 30.3 Å². The summed E-state index contributed by atoms with van der Waals surface area (Å²) in [5.74, 6) is 0.859. The average Bonchev–Trinajstić information content (AvgIpc) is 3.45. The van der Waals surface area contributed by atoms with E-state index in [1.54, 1.807) is 19.1 Å². The number of methoxy groups -OCH3 is 2. The molecule has 2 aliphatic heterocycles. The Labute approximate surface area is 248 Å². The quantitative estimate of drug-likeness (QED) is 0.343. The van der Waals surface area contributed by atoms with Crippen molar-refractivity contribution in [1.29, 1.82) is 0 Å². The van der Waals surface area contributed by atoms with E-state index < -0.39 is 19.8 Å². The summed E-state index contributed by atoms with van der Waals surface area (Å²) in [5.41, 5.74) is 1.10. The molecule has 0 bridgehead atoms. The van der Waals surface area contributed by atoms with Gasteiger partial charge in [0.1, 0.15) is 11.5 Å². The van der Waals surface area contributed by atoms with Gasteiger partial charge in [-0.3, -0.25) is 9.59 Å². The number of anilines is 1. The molecule has 4 atom stereocenters. The van der Waals surface area contributed by atoms with Gasteiger partial charge in [-0.25, -0.2) is 0 Å². The van der Waals surface area contributed by atoms with Gasteiger partial charge in [0.15, 0.2) is 5.60 Å². The molecular weight excluding hydrogens is 548 g/mol. The van der Waals surface area contributed by atoms with Crippen LogP contribution in [0.5, 0.6) is 11.5 Å². The highest BCUT2D eigenvalue weighted by molar-refractivity contribution is 6.91. The van der Waals surface area contributed by atoms with Crippen LogP contribution in [0.3, 0.4) is 0 Å². The lowest BCUT2D eigenvalue weighted by Gasteiger charge is -2.37. The number of benzene rings is 3. The number of aliphatic hydroxyl groups is 1. The van der Waals surface area contributed by atoms with Gasteiger partial charge >= 0.3 is 0 Å². The Morgan fingerprint density at radius 2 is 1.69 bits per heavy atom. The minimum absolute atomic E-state index is 0.0783. The highest BCUT2D eigenvalue weighted by atomic mass is 28.3. The number of carbonyl (C=O) groups is 2. The van der Waals surface area contributed by atoms with Crippen molar-refractivity contribution in [3.63, 3.8) is 0 Å². The third kappa shape index (κ3) is 5.21. The maximum absolute atomic E-state index is 13.9. The molecule has 0 saturated carbocycles. The number of carbonyl (C=O) groups excluding carboxylic acids is 2. The number of hydrogen-bond acceptors (Lipinski definition) is 6. The Hall–Kier alpha value is -3.66. The number of fused-ring (bicyclic) bond motifs is 2. The van der Waals surface area contributed by atoms with Crippen LogP contribution in [0.1, 0.15) is 24.5 Å². The second-order valence-corrected chi connectivity index (χ2v) is 16.4. The van der Waals surface area contributed by atoms with Crippen LogP contribution in [-0.2, 0) is 26.5 Å². The smallest absolute Gasteiger partial charge is 0.261 e. The number of aliphatic hydroxyl groups excluding tert-OH is 1. The molecule has 0 aromatic heterocycles. The van der Waals surface area contributed by atoms with Crippen LogP contribution in [0.2, 0.25) is 18.6 Å². The minimum Gasteiger partial charge on any atom is -0.497 e. The molecule has 0 aliphatic carbocycles. The Kier molecular flexibility index (Phi) is 8.46. The van der Waals surface area contributed by atoms with Crippen molar-refractivity contribution in [1.82, 2.24) is 4.90 Å². The standard InChI is InChI=1S/C33H40N2O6Si/c1-22-31(42(4,5)26-14-11-24(39-2)12-15-26)29(20-30(37)35(17-18-36)21-23-9-7-6-8-10-23)41-33(22)27-19-25(40-3)13-16-28(27)34-32(33)38/h6-16,19,22,29,31,36H,17-18,20-21H2,1-5H3,(H,34,38)/t22-,29+,31-,33+/m1/s1. The number of nitrogens with zero attached hydrogens (tertiary/aromatic N) is 1. The van der Waals surface area contributed by atoms with Crippen molar-refractivity contribution >= 4 is 30.8 Å². The van der Waals surface area contributed by atoms with Crippen molar-refractivity contribution in [2.45, 2.75) is 50.2 Å². The fraction of sp³-hybridized carbons (Fsp3) is 0.394. The highest BCUT2D eigenvalue weighted by Crippen LogP contribution is 2.59. The normalized spacial score (nSPS) is 23.0. The first-order chi connectivity index (χ1) is 20.1. The van der Waals surface area contributed by atoms with Gasteiger partial charge < -0.3 is 29.5 Å². The predicted octanol–water partition coefficient (Wildman–Crippen LogP) is 4.28. The Morgan fingerprint density at radius 3 is 2.33 bits per heavy atom. The first kappa shape index (κ1) is 29.8. The van der Waals surface area contributed by atoms with Gasteiger partial charge in [-0.2, -0.15) is 0 Å². The maximum Gasteiger partial charge on any atom is 0.261 e. The van der Waals surface area contributed by atoms with E-state index in [2.05, 4.69) is 37.5 Å². The lowest BCUT2D eigenvalue weighted by atomic mass is 9.82. The molecule has 3 aromatic rings. The molecule has 0 radical (unpaired) electrons. The lowest BCUT2D eigenvalue weighted by molar-refractivity contribution is -0.148. The van der Waals surface area contributed by atoms with E-state index in [1.165, 1.54) is 5.19 Å². The van der Waals surface area contributed by atoms with Crippen molar-refractivity contribution < 1.29 is 28.9 Å². The maximum atomic E-state index is 13.9. The Balaban J connectivity index is 1.55. The van der Waals surface area contributed by atoms with E-state index >= 15 is 0 Å². The largest absolute Gasteiger partial charge is 0.497 e. The van der Waals surface area contributed by atoms with Crippen molar-refractivity contribution in [3.05, 3.63) is 83.9 Å². The fourth-order valence-electron chi connectivity index (χ4n) is 6.96. The summed E-state index contributed by atoms with van der Waals surface area (Å²) in [5, 5.41) is 14.0. The second kappa shape index (κ2) is 11.9. The summed E-state index contributed by atoms with van der Waals surface area (Å²) < 4.78 is 17.8. The zero-order valence-corrected chi connectivity index (χ0v) is 25.9. The predicted molar refractivity (Wildman–Crippen MR) is 165 cm³/mol. The number of rotatable bonds is 10. The van der Waals surface area contributed by atoms with Crippen molar-refractivity contribution in [3.8, 4) is 11.5 Å². The molecule has 0 unspecified atom stereocenters. The van der Waals surface area contributed by atoms with Crippen LogP contribution in [0.15, 0.2) is 72.8 Å². The summed E-state index contributed by atoms with van der Waals surface area (Å²) >= 11 is 0. The SMILES string of the molecule is COc1ccc([Si](C)(C)[C@H]2[C@H](CC(=O)N(CCO)Cc3ccccc3)O[C@@]3(C(=O)Nc4ccc(OC)cc43)[C@@H]2C)cc1. The summed E-state index contributed by atoms with van der Waals surface area (Å²) in [4.78, 5) is 29.5. The van der Waals surface area contributed by atoms with Crippen molar-refractivity contribution in [2.24, 2.45) is 5.92 Å². The van der Waals surface area contributed by atoms with Gasteiger partial charge in [0.05, 0.1) is 41.4 Å². The molecule has 8 nitrogen and oxygen atoms in total. The molecule has 2 heterocycles. The molecule has 1 fully saturated rings. The molecule has 5 rings (SSSR count). The molecule has 2 N–H and O–H groups in total. The Morgan fingerprint density at radius 1 is 1.02 bits per heavy atom. The van der Waals surface area contributed by atoms with E-state index in [0.29, 0.717) is 18.0 Å². The van der Waals surface area contributed by atoms with Crippen LogP contribution >= 0.6 is 0 Å². The van der Waals surface area contributed by atoms with E-state index in [-0.39, 0.29) is 42.8 Å². The topological polar surface area (TPSA) is 97.3 Å². The summed E-state index contributed by atoms with van der Waals surface area (Å²) in [7, 11) is 0.867. The third-order valence-electron chi connectivity index (χ3n) is 9.11. The van der Waals surface area contributed by atoms with Gasteiger partial charge in [0.25, 0.3) is 5.91 Å².